The Morgan fingerprint density at radius 1 is 1.47 bits per heavy atom. The lowest BCUT2D eigenvalue weighted by atomic mass is 10.3. The molecule has 1 heterocycles. The number of ether oxygens (including phenoxy) is 1. The van der Waals surface area contributed by atoms with E-state index in [-0.39, 0.29) is 0 Å². The fourth-order valence-electron chi connectivity index (χ4n) is 1.25. The smallest absolute Gasteiger partial charge is 0.130 e. The molecule has 1 rings (SSSR count). The summed E-state index contributed by atoms with van der Waals surface area (Å²) in [6, 6.07) is 1.90. The van der Waals surface area contributed by atoms with Crippen molar-refractivity contribution in [2.75, 3.05) is 25.6 Å². The first-order valence-corrected chi connectivity index (χ1v) is 5.41. The summed E-state index contributed by atoms with van der Waals surface area (Å²) in [5, 5.41) is 3.24. The van der Waals surface area contributed by atoms with Gasteiger partial charge in [0.15, 0.2) is 0 Å². The summed E-state index contributed by atoms with van der Waals surface area (Å²) in [5.74, 6) is 1.80. The Morgan fingerprint density at radius 3 is 3.07 bits per heavy atom. The summed E-state index contributed by atoms with van der Waals surface area (Å²) < 4.78 is 4.99. The summed E-state index contributed by atoms with van der Waals surface area (Å²) in [5.41, 5.74) is 0. The number of rotatable bonds is 7. The Bertz CT molecular complexity index is 278. The maximum atomic E-state index is 4.99. The lowest BCUT2D eigenvalue weighted by Gasteiger charge is -2.05. The number of nitrogens with zero attached hydrogens (tertiary/aromatic N) is 2. The van der Waals surface area contributed by atoms with Gasteiger partial charge in [0, 0.05) is 32.9 Å². The lowest BCUT2D eigenvalue weighted by molar-refractivity contribution is 0.194. The summed E-state index contributed by atoms with van der Waals surface area (Å²) in [4.78, 5) is 8.62. The largest absolute Gasteiger partial charge is 0.385 e. The predicted octanol–water partition coefficient (Wildman–Crippen LogP) is 1.88. The third-order valence-corrected chi connectivity index (χ3v) is 2.01. The van der Waals surface area contributed by atoms with Crippen molar-refractivity contribution in [1.82, 2.24) is 9.97 Å². The van der Waals surface area contributed by atoms with Crippen molar-refractivity contribution in [2.45, 2.75) is 26.2 Å². The minimum Gasteiger partial charge on any atom is -0.385 e. The quantitative estimate of drug-likeness (QED) is 0.696. The zero-order chi connectivity index (χ0) is 10.9. The molecule has 0 radical (unpaired) electrons. The third kappa shape index (κ3) is 4.74. The molecule has 84 valence electrons. The molecule has 1 aromatic heterocycles. The van der Waals surface area contributed by atoms with Crippen molar-refractivity contribution < 1.29 is 4.74 Å². The van der Waals surface area contributed by atoms with Gasteiger partial charge in [0.25, 0.3) is 0 Å². The molecule has 0 saturated heterocycles. The molecule has 0 unspecified atom stereocenters. The number of aryl methyl sites for hydroxylation is 1. The molecular formula is C11H19N3O. The van der Waals surface area contributed by atoms with Crippen molar-refractivity contribution in [2.24, 2.45) is 0 Å². The van der Waals surface area contributed by atoms with Crippen LogP contribution < -0.4 is 5.32 Å². The van der Waals surface area contributed by atoms with Crippen LogP contribution in [-0.2, 0) is 11.2 Å². The first kappa shape index (κ1) is 11.9. The van der Waals surface area contributed by atoms with Gasteiger partial charge in [-0.05, 0) is 18.9 Å². The number of anilines is 1. The van der Waals surface area contributed by atoms with E-state index >= 15 is 0 Å². The van der Waals surface area contributed by atoms with Crippen LogP contribution in [0.15, 0.2) is 12.3 Å². The van der Waals surface area contributed by atoms with E-state index in [4.69, 9.17) is 4.74 Å². The zero-order valence-corrected chi connectivity index (χ0v) is 9.49. The molecule has 0 aromatic carbocycles. The summed E-state index contributed by atoms with van der Waals surface area (Å²) in [7, 11) is 1.71. The Hall–Kier alpha value is -1.16. The number of hydrogen-bond donors (Lipinski definition) is 1. The van der Waals surface area contributed by atoms with Gasteiger partial charge in [-0.15, -0.1) is 0 Å². The van der Waals surface area contributed by atoms with E-state index in [1.807, 2.05) is 6.07 Å². The van der Waals surface area contributed by atoms with Crippen LogP contribution in [0.1, 0.15) is 25.6 Å². The standard InChI is InChI=1S/C11H19N3O/c1-3-7-12-11-6-8-13-10(14-11)5-4-9-15-2/h6,8H,3-5,7,9H2,1-2H3,(H,12,13,14). The zero-order valence-electron chi connectivity index (χ0n) is 9.49. The van der Waals surface area contributed by atoms with Crippen LogP contribution in [0, 0.1) is 0 Å². The molecule has 0 bridgehead atoms. The van der Waals surface area contributed by atoms with Crippen LogP contribution >= 0.6 is 0 Å². The highest BCUT2D eigenvalue weighted by atomic mass is 16.5. The van der Waals surface area contributed by atoms with Crippen molar-refractivity contribution in [1.29, 1.82) is 0 Å². The van der Waals surface area contributed by atoms with Crippen molar-refractivity contribution in [3.8, 4) is 0 Å². The van der Waals surface area contributed by atoms with Crippen LogP contribution in [0.2, 0.25) is 0 Å². The second-order valence-electron chi connectivity index (χ2n) is 3.38. The predicted molar refractivity (Wildman–Crippen MR) is 61.0 cm³/mol. The first-order valence-electron chi connectivity index (χ1n) is 5.41. The molecule has 0 saturated carbocycles. The van der Waals surface area contributed by atoms with Gasteiger partial charge in [-0.2, -0.15) is 0 Å². The maximum Gasteiger partial charge on any atom is 0.130 e. The third-order valence-electron chi connectivity index (χ3n) is 2.01. The van der Waals surface area contributed by atoms with Crippen molar-refractivity contribution >= 4 is 5.82 Å². The average molecular weight is 209 g/mol. The van der Waals surface area contributed by atoms with Crippen molar-refractivity contribution in [3.05, 3.63) is 18.1 Å². The summed E-state index contributed by atoms with van der Waals surface area (Å²) >= 11 is 0. The number of aromatic nitrogens is 2. The second-order valence-corrected chi connectivity index (χ2v) is 3.38. The van der Waals surface area contributed by atoms with Gasteiger partial charge in [0.05, 0.1) is 0 Å². The van der Waals surface area contributed by atoms with Crippen LogP contribution in [0.3, 0.4) is 0 Å². The molecule has 0 aliphatic carbocycles. The summed E-state index contributed by atoms with van der Waals surface area (Å²) in [6.45, 7) is 3.85. The molecule has 0 spiro atoms. The molecule has 0 fully saturated rings. The van der Waals surface area contributed by atoms with Crippen molar-refractivity contribution in [3.63, 3.8) is 0 Å². The van der Waals surface area contributed by atoms with E-state index in [1.54, 1.807) is 13.3 Å². The highest BCUT2D eigenvalue weighted by Crippen LogP contribution is 2.03. The first-order chi connectivity index (χ1) is 7.36. The summed E-state index contributed by atoms with van der Waals surface area (Å²) in [6.07, 6.45) is 4.74. The SMILES string of the molecule is CCCNc1ccnc(CCCOC)n1. The Labute approximate surface area is 91.1 Å². The molecule has 0 aliphatic rings. The molecular weight excluding hydrogens is 190 g/mol. The number of hydrogen-bond acceptors (Lipinski definition) is 4. The molecule has 0 aliphatic heterocycles. The minimum absolute atomic E-state index is 0.760. The Balaban J connectivity index is 2.42. The van der Waals surface area contributed by atoms with Gasteiger partial charge in [0.1, 0.15) is 11.6 Å². The fourth-order valence-corrected chi connectivity index (χ4v) is 1.25. The molecule has 4 heteroatoms. The van der Waals surface area contributed by atoms with E-state index in [0.29, 0.717) is 0 Å². The molecule has 0 amide bonds. The van der Waals surface area contributed by atoms with E-state index in [2.05, 4.69) is 22.2 Å². The van der Waals surface area contributed by atoms with Gasteiger partial charge in [-0.1, -0.05) is 6.92 Å². The van der Waals surface area contributed by atoms with E-state index in [1.165, 1.54) is 0 Å². The van der Waals surface area contributed by atoms with E-state index < -0.39 is 0 Å². The Kier molecular flexibility index (Phi) is 5.70. The van der Waals surface area contributed by atoms with Crippen LogP contribution in [0.25, 0.3) is 0 Å². The van der Waals surface area contributed by atoms with Gasteiger partial charge < -0.3 is 10.1 Å². The highest BCUT2D eigenvalue weighted by molar-refractivity contribution is 5.32. The molecule has 1 N–H and O–H groups in total. The maximum absolute atomic E-state index is 4.99. The average Bonchev–Trinajstić information content (AvgIpc) is 2.27. The monoisotopic (exact) mass is 209 g/mol. The van der Waals surface area contributed by atoms with Crippen LogP contribution in [-0.4, -0.2) is 30.2 Å². The molecule has 4 nitrogen and oxygen atoms in total. The van der Waals surface area contributed by atoms with Crippen LogP contribution in [0.4, 0.5) is 5.82 Å². The van der Waals surface area contributed by atoms with E-state index in [9.17, 15) is 0 Å². The molecule has 15 heavy (non-hydrogen) atoms. The number of methoxy groups -OCH3 is 1. The van der Waals surface area contributed by atoms with Gasteiger partial charge >= 0.3 is 0 Å². The Morgan fingerprint density at radius 2 is 2.33 bits per heavy atom. The normalized spacial score (nSPS) is 10.3. The number of nitrogens with one attached hydrogen (secondary N) is 1. The van der Waals surface area contributed by atoms with E-state index in [0.717, 1.165) is 44.1 Å². The van der Waals surface area contributed by atoms with Gasteiger partial charge in [-0.3, -0.25) is 0 Å². The molecule has 0 atom stereocenters. The van der Waals surface area contributed by atoms with Gasteiger partial charge in [0.2, 0.25) is 0 Å². The van der Waals surface area contributed by atoms with Crippen LogP contribution in [0.5, 0.6) is 0 Å². The molecule has 1 aromatic rings. The van der Waals surface area contributed by atoms with Gasteiger partial charge in [-0.25, -0.2) is 9.97 Å². The fraction of sp³-hybridized carbons (Fsp3) is 0.636. The second kappa shape index (κ2) is 7.17. The minimum atomic E-state index is 0.760. The highest BCUT2D eigenvalue weighted by Gasteiger charge is 1.98. The lowest BCUT2D eigenvalue weighted by Crippen LogP contribution is -2.05. The topological polar surface area (TPSA) is 47.0 Å².